The number of hydrogen-bond acceptors (Lipinski definition) is 13. The molecule has 2 aromatic heterocycles. The van der Waals surface area contributed by atoms with E-state index >= 15 is 8.78 Å². The van der Waals surface area contributed by atoms with Crippen LogP contribution in [0.25, 0.3) is 32.3 Å². The summed E-state index contributed by atoms with van der Waals surface area (Å²) in [5, 5.41) is 12.3. The third kappa shape index (κ3) is 7.94. The summed E-state index contributed by atoms with van der Waals surface area (Å²) in [6, 6.07) is 18.7. The number of alkyl halides is 3. The number of amides is 3. The Morgan fingerprint density at radius 1 is 0.986 bits per heavy atom. The van der Waals surface area contributed by atoms with E-state index in [1.54, 1.807) is 44.2 Å². The molecular weight excluding hydrogens is 1200 g/mol. The number of anilines is 3. The van der Waals surface area contributed by atoms with Gasteiger partial charge >= 0.3 is 199 Å². The van der Waals surface area contributed by atoms with E-state index < -0.39 is 74.8 Å². The summed E-state index contributed by atoms with van der Waals surface area (Å²) < 4.78 is 84.5. The number of halogens is 4. The molecule has 3 fully saturated rings. The van der Waals surface area contributed by atoms with Crippen molar-refractivity contribution >= 4 is 123 Å². The Balaban J connectivity index is 0.754. The first-order chi connectivity index (χ1) is 34.1. The summed E-state index contributed by atoms with van der Waals surface area (Å²) in [7, 11) is -5.30. The van der Waals surface area contributed by atoms with Gasteiger partial charge in [0.05, 0.1) is 5.69 Å². The first kappa shape index (κ1) is 48.6. The third-order valence-electron chi connectivity index (χ3n) is 14.1. The SMILES string of the molecule is CC1(C)CC(Nc2cccc(-c3sc4c(c3Cl)O[C](F)(C(=O)O)[Po][C]4=O)c2)CCN1S(=O)(=O)C(F)(F)c1ccc2oc(N3CCC(c4ccc5c6c(cccc46)C(=O)N5C4CCC(=O)NC4=O)CC3)nc2c1. The number of aromatic nitrogens is 1. The molecule has 5 aliphatic rings. The van der Waals surface area contributed by atoms with E-state index in [0.29, 0.717) is 53.3 Å². The van der Waals surface area contributed by atoms with Crippen molar-refractivity contribution in [3.8, 4) is 16.2 Å². The number of nitrogens with one attached hydrogen (secondary N) is 2. The van der Waals surface area contributed by atoms with E-state index in [0.717, 1.165) is 44.1 Å². The summed E-state index contributed by atoms with van der Waals surface area (Å²) in [5.74, 6) is -3.24. The third-order valence-corrected chi connectivity index (χ3v) is 22.0. The normalized spacial score (nSPS) is 22.9. The molecule has 374 valence electrons. The van der Waals surface area contributed by atoms with Gasteiger partial charge in [-0.15, -0.1) is 0 Å². The van der Waals surface area contributed by atoms with Gasteiger partial charge in [0.15, 0.2) is 5.58 Å². The Morgan fingerprint density at radius 3 is 2.49 bits per heavy atom. The summed E-state index contributed by atoms with van der Waals surface area (Å²) in [6.07, 6.45) is 2.04. The molecule has 3 saturated heterocycles. The molecule has 0 spiro atoms. The molecule has 3 atom stereocenters. The maximum absolute atomic E-state index is 16.5. The molecule has 23 heteroatoms. The van der Waals surface area contributed by atoms with Gasteiger partial charge in [-0.05, 0) is 66.5 Å². The summed E-state index contributed by atoms with van der Waals surface area (Å²) in [5.41, 5.74) is 1.54. The number of thiophene rings is 1. The Labute approximate surface area is 429 Å². The number of hydrogen-bond donors (Lipinski definition) is 3. The van der Waals surface area contributed by atoms with Gasteiger partial charge in [-0.25, -0.2) is 8.42 Å². The van der Waals surface area contributed by atoms with Gasteiger partial charge in [-0.1, -0.05) is 18.2 Å². The first-order valence-electron chi connectivity index (χ1n) is 23.0. The van der Waals surface area contributed by atoms with Crippen molar-refractivity contribution in [3.05, 3.63) is 99.4 Å². The average Bonchev–Trinajstić information content (AvgIpc) is 4.00. The van der Waals surface area contributed by atoms with Gasteiger partial charge in [0.2, 0.25) is 11.8 Å². The molecule has 0 aliphatic carbocycles. The smallest absolute Gasteiger partial charge is 0.423 e. The van der Waals surface area contributed by atoms with Gasteiger partial charge in [-0.2, -0.15) is 13.8 Å². The molecule has 7 heterocycles. The molecule has 6 aromatic rings. The Kier molecular flexibility index (Phi) is 11.8. The molecule has 3 N–H and O–H groups in total. The quantitative estimate of drug-likeness (QED) is 0.111. The number of rotatable bonds is 10. The predicted molar refractivity (Wildman–Crippen MR) is 262 cm³/mol. The van der Waals surface area contributed by atoms with Crippen molar-refractivity contribution in [2.75, 3.05) is 34.8 Å². The van der Waals surface area contributed by atoms with Gasteiger partial charge in [0, 0.05) is 36.0 Å². The van der Waals surface area contributed by atoms with Crippen LogP contribution in [0.15, 0.2) is 77.2 Å². The van der Waals surface area contributed by atoms with Crippen molar-refractivity contribution in [1.82, 2.24) is 14.6 Å². The van der Waals surface area contributed by atoms with E-state index in [2.05, 4.69) is 15.6 Å². The number of carbonyl (C=O) groups is 5. The Morgan fingerprint density at radius 2 is 1.75 bits per heavy atom. The van der Waals surface area contributed by atoms with E-state index in [1.165, 1.54) is 11.0 Å². The average molecular weight is 1240 g/mol. The Bertz CT molecular complexity index is 3460. The van der Waals surface area contributed by atoms with Crippen LogP contribution < -0.4 is 25.2 Å². The zero-order valence-electron chi connectivity index (χ0n) is 38.2. The van der Waals surface area contributed by atoms with Crippen LogP contribution >= 0.6 is 22.9 Å². The van der Waals surface area contributed by atoms with Crippen LogP contribution in [-0.4, -0.2) is 114 Å². The molecule has 3 amide bonds. The number of sulfonamides is 1. The number of benzene rings is 4. The second kappa shape index (κ2) is 17.5. The van der Waals surface area contributed by atoms with Gasteiger partial charge in [0.1, 0.15) is 11.6 Å². The maximum atomic E-state index is 16.5. The molecular formula is C49H42ClF3N6O10PoS2. The fourth-order valence-corrected chi connectivity index (χ4v) is 17.1. The Hall–Kier alpha value is -5.65. The molecule has 0 radical (unpaired) electrons. The van der Waals surface area contributed by atoms with E-state index in [9.17, 15) is 41.9 Å². The number of imide groups is 1. The molecule has 0 saturated carbocycles. The zero-order valence-corrected chi connectivity index (χ0v) is 43.7. The second-order valence-electron chi connectivity index (χ2n) is 19.0. The number of ether oxygens (including phenoxy) is 1. The van der Waals surface area contributed by atoms with Gasteiger partial charge in [-0.3, -0.25) is 24.6 Å². The first-order valence-corrected chi connectivity index (χ1v) is 28.8. The number of aliphatic carboxylic acids is 1. The second-order valence-corrected chi connectivity index (χ2v) is 26.6. The molecule has 16 nitrogen and oxygen atoms in total. The molecule has 0 bridgehead atoms. The van der Waals surface area contributed by atoms with E-state index in [-0.39, 0.29) is 88.8 Å². The number of nitrogens with zero attached hydrogens (tertiary/aromatic N) is 4. The summed E-state index contributed by atoms with van der Waals surface area (Å²) in [6.45, 7) is 3.96. The zero-order chi connectivity index (χ0) is 50.8. The van der Waals surface area contributed by atoms with Crippen LogP contribution in [0.5, 0.6) is 5.75 Å². The van der Waals surface area contributed by atoms with Crippen molar-refractivity contribution in [2.45, 2.75) is 84.7 Å². The number of carboxylic acids is 1. The van der Waals surface area contributed by atoms with Crippen molar-refractivity contribution in [3.63, 3.8) is 0 Å². The minimum Gasteiger partial charge on any atom is -0.423 e. The number of piperidine rings is 3. The molecule has 11 rings (SSSR count). The van der Waals surface area contributed by atoms with Crippen LogP contribution in [-0.2, 0) is 29.7 Å². The standard InChI is InChI=1S/C49H42ClF3N6O10S2.Po/c1-48(2)23-29(54-28-6-3-5-26(21-28)42-40(50)41(37(24-60)70-42)69-43(51)46(64)65)17-20-58(48)71(66,67)49(52,53)27-9-13-36-33(22-27)55-47(68-36)57-18-15-25(16-19-57)30-10-11-34-39-31(30)7-4-8-32(39)45(63)59(34)35-12-14-38(61)56-44(35)62;/h3-11,13,21-22,25,29,35,54H,12,14-20,23H2,1-2H3,(H,64,65)(H,56,61,62);. The van der Waals surface area contributed by atoms with E-state index in [4.69, 9.17) is 20.8 Å². The van der Waals surface area contributed by atoms with Crippen LogP contribution in [0.1, 0.15) is 89.4 Å². The summed E-state index contributed by atoms with van der Waals surface area (Å²) in [4.78, 5) is 71.1. The van der Waals surface area contributed by atoms with Crippen LogP contribution in [0.2, 0.25) is 5.02 Å². The van der Waals surface area contributed by atoms with Crippen molar-refractivity contribution in [2.24, 2.45) is 0 Å². The number of oxazole rings is 1. The minimum atomic E-state index is -5.30. The van der Waals surface area contributed by atoms with E-state index in [1.807, 2.05) is 29.2 Å². The molecule has 3 unspecified atom stereocenters. The fraction of sp³-hybridized carbons (Fsp3) is 0.347. The summed E-state index contributed by atoms with van der Waals surface area (Å²) >= 11 is 4.72. The van der Waals surface area contributed by atoms with Crippen LogP contribution in [0.3, 0.4) is 0 Å². The van der Waals surface area contributed by atoms with Crippen molar-refractivity contribution < 1.29 is 59.8 Å². The molecule has 4 aromatic carbocycles. The van der Waals surface area contributed by atoms with Crippen LogP contribution in [0.4, 0.5) is 30.6 Å². The minimum absolute atomic E-state index is 0.0655. The van der Waals surface area contributed by atoms with Crippen LogP contribution in [0, 0.1) is 0 Å². The van der Waals surface area contributed by atoms with Gasteiger partial charge < -0.3 is 9.32 Å². The van der Waals surface area contributed by atoms with Gasteiger partial charge in [0.25, 0.3) is 21.9 Å². The monoisotopic (exact) mass is 1240 g/mol. The molecule has 72 heavy (non-hydrogen) atoms. The molecule has 5 aliphatic heterocycles. The number of fused-ring (bicyclic) bond motifs is 2. The number of carbonyl (C=O) groups excluding carboxylic acids is 4. The van der Waals surface area contributed by atoms with Crippen molar-refractivity contribution in [1.29, 1.82) is 0 Å². The predicted octanol–water partition coefficient (Wildman–Crippen LogP) is 8.19. The topological polar surface area (TPSA) is 209 Å². The number of carboxylic acid groups (broad SMARTS) is 1. The fourth-order valence-electron chi connectivity index (χ4n) is 10.7.